The standard InChI is InChI=1S/C16H20N4O2/c1-11(21)15-10-20(18-17-15)14-8-19(9-14)7-12-2-3-16-13(6-12)4-5-22-16/h2-3,6,10-11,14,21H,4-5,7-9H2,1H3. The fourth-order valence-electron chi connectivity index (χ4n) is 3.10. The summed E-state index contributed by atoms with van der Waals surface area (Å²) in [4.78, 5) is 2.39. The Kier molecular flexibility index (Phi) is 3.35. The van der Waals surface area contributed by atoms with Gasteiger partial charge in [0.1, 0.15) is 11.4 Å². The Hall–Kier alpha value is -1.92. The summed E-state index contributed by atoms with van der Waals surface area (Å²) in [5.74, 6) is 1.04. The average molecular weight is 300 g/mol. The van der Waals surface area contributed by atoms with E-state index >= 15 is 0 Å². The molecule has 1 fully saturated rings. The second-order valence-electron chi connectivity index (χ2n) is 6.19. The maximum absolute atomic E-state index is 9.50. The summed E-state index contributed by atoms with van der Waals surface area (Å²) in [6, 6.07) is 6.86. The van der Waals surface area contributed by atoms with Crippen molar-refractivity contribution in [3.63, 3.8) is 0 Å². The van der Waals surface area contributed by atoms with E-state index in [9.17, 15) is 5.11 Å². The van der Waals surface area contributed by atoms with Gasteiger partial charge in [-0.05, 0) is 24.1 Å². The largest absolute Gasteiger partial charge is 0.493 e. The van der Waals surface area contributed by atoms with Crippen LogP contribution in [-0.2, 0) is 13.0 Å². The lowest BCUT2D eigenvalue weighted by atomic mass is 10.0. The normalized spacial score (nSPS) is 19.5. The first-order chi connectivity index (χ1) is 10.7. The highest BCUT2D eigenvalue weighted by atomic mass is 16.5. The lowest BCUT2D eigenvalue weighted by Gasteiger charge is -2.38. The first kappa shape index (κ1) is 13.7. The van der Waals surface area contributed by atoms with Crippen molar-refractivity contribution in [2.45, 2.75) is 32.0 Å². The number of benzene rings is 1. The Balaban J connectivity index is 1.35. The van der Waals surface area contributed by atoms with Gasteiger partial charge in [-0.1, -0.05) is 17.3 Å². The highest BCUT2D eigenvalue weighted by Crippen LogP contribution is 2.28. The molecule has 1 atom stereocenters. The third-order valence-electron chi connectivity index (χ3n) is 4.43. The van der Waals surface area contributed by atoms with Crippen LogP contribution in [0.15, 0.2) is 24.4 Å². The van der Waals surface area contributed by atoms with E-state index in [1.54, 1.807) is 6.92 Å². The zero-order valence-electron chi connectivity index (χ0n) is 12.6. The minimum absolute atomic E-state index is 0.359. The van der Waals surface area contributed by atoms with Crippen LogP contribution in [0.1, 0.15) is 35.9 Å². The van der Waals surface area contributed by atoms with Crippen LogP contribution in [0, 0.1) is 0 Å². The van der Waals surface area contributed by atoms with E-state index < -0.39 is 6.10 Å². The van der Waals surface area contributed by atoms with Crippen molar-refractivity contribution in [1.82, 2.24) is 19.9 Å². The van der Waals surface area contributed by atoms with Crippen molar-refractivity contribution in [3.8, 4) is 5.75 Å². The van der Waals surface area contributed by atoms with Crippen LogP contribution >= 0.6 is 0 Å². The first-order valence-corrected chi connectivity index (χ1v) is 7.76. The van der Waals surface area contributed by atoms with Crippen LogP contribution in [0.2, 0.25) is 0 Å². The van der Waals surface area contributed by atoms with Crippen molar-refractivity contribution in [2.24, 2.45) is 0 Å². The predicted octanol–water partition coefficient (Wildman–Crippen LogP) is 1.32. The predicted molar refractivity (Wildman–Crippen MR) is 80.6 cm³/mol. The van der Waals surface area contributed by atoms with Crippen molar-refractivity contribution in [1.29, 1.82) is 0 Å². The summed E-state index contributed by atoms with van der Waals surface area (Å²) in [5, 5.41) is 17.6. The second kappa shape index (κ2) is 5.37. The molecule has 2 aliphatic rings. The number of nitrogens with zero attached hydrogens (tertiary/aromatic N) is 4. The molecule has 0 bridgehead atoms. The van der Waals surface area contributed by atoms with E-state index in [0.717, 1.165) is 38.4 Å². The maximum Gasteiger partial charge on any atom is 0.122 e. The highest BCUT2D eigenvalue weighted by molar-refractivity contribution is 5.39. The molecule has 4 rings (SSSR count). The monoisotopic (exact) mass is 300 g/mol. The Morgan fingerprint density at radius 1 is 1.41 bits per heavy atom. The molecule has 6 nitrogen and oxygen atoms in total. The molecular formula is C16H20N4O2. The van der Waals surface area contributed by atoms with Crippen LogP contribution in [-0.4, -0.2) is 44.7 Å². The quantitative estimate of drug-likeness (QED) is 0.923. The minimum atomic E-state index is -0.557. The molecule has 1 aromatic heterocycles. The van der Waals surface area contributed by atoms with Crippen molar-refractivity contribution in [2.75, 3.05) is 19.7 Å². The molecule has 1 aromatic carbocycles. The number of hydrogen-bond donors (Lipinski definition) is 1. The molecule has 1 saturated heterocycles. The molecule has 22 heavy (non-hydrogen) atoms. The average Bonchev–Trinajstić information content (AvgIpc) is 3.10. The number of aromatic nitrogens is 3. The van der Waals surface area contributed by atoms with E-state index in [1.807, 2.05) is 10.9 Å². The molecule has 0 saturated carbocycles. The van der Waals surface area contributed by atoms with Crippen molar-refractivity contribution in [3.05, 3.63) is 41.2 Å². The molecule has 2 aliphatic heterocycles. The lowest BCUT2D eigenvalue weighted by molar-refractivity contribution is 0.0895. The molecule has 1 unspecified atom stereocenters. The van der Waals surface area contributed by atoms with Gasteiger partial charge < -0.3 is 9.84 Å². The molecule has 6 heteroatoms. The topological polar surface area (TPSA) is 63.4 Å². The van der Waals surface area contributed by atoms with E-state index in [0.29, 0.717) is 11.7 Å². The molecule has 0 radical (unpaired) electrons. The van der Waals surface area contributed by atoms with Crippen molar-refractivity contribution < 1.29 is 9.84 Å². The van der Waals surface area contributed by atoms with E-state index in [1.165, 1.54) is 11.1 Å². The molecule has 0 spiro atoms. The molecule has 1 N–H and O–H groups in total. The molecule has 3 heterocycles. The lowest BCUT2D eigenvalue weighted by Crippen LogP contribution is -2.47. The number of hydrogen-bond acceptors (Lipinski definition) is 5. The number of rotatable bonds is 4. The number of ether oxygens (including phenoxy) is 1. The Morgan fingerprint density at radius 3 is 3.05 bits per heavy atom. The van der Waals surface area contributed by atoms with Gasteiger partial charge in [-0.25, -0.2) is 4.68 Å². The summed E-state index contributed by atoms with van der Waals surface area (Å²) in [6.07, 6.45) is 2.31. The van der Waals surface area contributed by atoms with Gasteiger partial charge in [-0.15, -0.1) is 5.10 Å². The van der Waals surface area contributed by atoms with E-state index in [-0.39, 0.29) is 0 Å². The van der Waals surface area contributed by atoms with Gasteiger partial charge in [0.15, 0.2) is 0 Å². The van der Waals surface area contributed by atoms with Gasteiger partial charge in [0.05, 0.1) is 24.9 Å². The number of aliphatic hydroxyl groups is 1. The Bertz CT molecular complexity index is 677. The molecule has 2 aromatic rings. The minimum Gasteiger partial charge on any atom is -0.493 e. The molecular weight excluding hydrogens is 280 g/mol. The Morgan fingerprint density at radius 2 is 2.27 bits per heavy atom. The number of fused-ring (bicyclic) bond motifs is 1. The van der Waals surface area contributed by atoms with Crippen LogP contribution in [0.4, 0.5) is 0 Å². The summed E-state index contributed by atoms with van der Waals surface area (Å²) in [5.41, 5.74) is 3.30. The third kappa shape index (κ3) is 2.48. The molecule has 116 valence electrons. The van der Waals surface area contributed by atoms with E-state index in [2.05, 4.69) is 33.4 Å². The van der Waals surface area contributed by atoms with Gasteiger partial charge >= 0.3 is 0 Å². The van der Waals surface area contributed by atoms with Gasteiger partial charge in [0.2, 0.25) is 0 Å². The Labute approximate surface area is 129 Å². The van der Waals surface area contributed by atoms with Crippen LogP contribution in [0.5, 0.6) is 5.75 Å². The fraction of sp³-hybridized carbons (Fsp3) is 0.500. The number of likely N-dealkylation sites (tertiary alicyclic amines) is 1. The molecule has 0 aliphatic carbocycles. The number of aliphatic hydroxyl groups excluding tert-OH is 1. The first-order valence-electron chi connectivity index (χ1n) is 7.76. The zero-order chi connectivity index (χ0) is 15.1. The summed E-state index contributed by atoms with van der Waals surface area (Å²) < 4.78 is 7.41. The maximum atomic E-state index is 9.50. The fourth-order valence-corrected chi connectivity index (χ4v) is 3.10. The summed E-state index contributed by atoms with van der Waals surface area (Å²) in [7, 11) is 0. The van der Waals surface area contributed by atoms with Gasteiger partial charge in [0, 0.05) is 26.1 Å². The highest BCUT2D eigenvalue weighted by Gasteiger charge is 2.29. The summed E-state index contributed by atoms with van der Waals surface area (Å²) in [6.45, 7) is 5.41. The van der Waals surface area contributed by atoms with Crippen LogP contribution in [0.3, 0.4) is 0 Å². The van der Waals surface area contributed by atoms with E-state index in [4.69, 9.17) is 4.74 Å². The smallest absolute Gasteiger partial charge is 0.122 e. The third-order valence-corrected chi connectivity index (χ3v) is 4.43. The van der Waals surface area contributed by atoms with Gasteiger partial charge in [0.25, 0.3) is 0 Å². The van der Waals surface area contributed by atoms with Gasteiger partial charge in [-0.3, -0.25) is 4.90 Å². The molecule has 0 amide bonds. The second-order valence-corrected chi connectivity index (χ2v) is 6.19. The SMILES string of the molecule is CC(O)c1cn(C2CN(Cc3ccc4c(c3)CCO4)C2)nn1. The van der Waals surface area contributed by atoms with Gasteiger partial charge in [-0.2, -0.15) is 0 Å². The van der Waals surface area contributed by atoms with Crippen LogP contribution in [0.25, 0.3) is 0 Å². The van der Waals surface area contributed by atoms with Crippen LogP contribution < -0.4 is 4.74 Å². The summed E-state index contributed by atoms with van der Waals surface area (Å²) >= 11 is 0. The van der Waals surface area contributed by atoms with Crippen molar-refractivity contribution >= 4 is 0 Å². The zero-order valence-corrected chi connectivity index (χ0v) is 12.6.